The third kappa shape index (κ3) is 2.69. The van der Waals surface area contributed by atoms with Gasteiger partial charge in [0.25, 0.3) is 0 Å². The Balaban J connectivity index is 1.71. The molecule has 0 radical (unpaired) electrons. The lowest BCUT2D eigenvalue weighted by Crippen LogP contribution is -2.59. The summed E-state index contributed by atoms with van der Waals surface area (Å²) in [6, 6.07) is 5.39. The molecule has 1 aliphatic heterocycles. The van der Waals surface area contributed by atoms with E-state index in [2.05, 4.69) is 19.2 Å². The van der Waals surface area contributed by atoms with Gasteiger partial charge in [-0.2, -0.15) is 0 Å². The quantitative estimate of drug-likeness (QED) is 0.825. The molecule has 2 saturated carbocycles. The van der Waals surface area contributed by atoms with Crippen LogP contribution in [0.5, 0.6) is 5.75 Å². The third-order valence-corrected chi connectivity index (χ3v) is 7.84. The molecule has 0 unspecified atom stereocenters. The lowest BCUT2D eigenvalue weighted by molar-refractivity contribution is -0.139. The number of methoxy groups -OCH3 is 1. The molecule has 28 heavy (non-hydrogen) atoms. The molecule has 1 spiro atoms. The van der Waals surface area contributed by atoms with Gasteiger partial charge >= 0.3 is 0 Å². The fraction of sp³-hybridized carbons (Fsp3) is 0.696. The summed E-state index contributed by atoms with van der Waals surface area (Å²) in [5.74, 6) is 0.711. The van der Waals surface area contributed by atoms with Gasteiger partial charge < -0.3 is 14.8 Å². The molecule has 4 nitrogen and oxygen atoms in total. The van der Waals surface area contributed by atoms with E-state index in [0.717, 1.165) is 19.3 Å². The number of hydrogen-bond donors (Lipinski definition) is 1. The van der Waals surface area contributed by atoms with Crippen LogP contribution in [0.4, 0.5) is 4.39 Å². The molecule has 5 heteroatoms. The summed E-state index contributed by atoms with van der Waals surface area (Å²) in [6.45, 7) is 9.02. The summed E-state index contributed by atoms with van der Waals surface area (Å²) in [5.41, 5.74) is 0.593. The van der Waals surface area contributed by atoms with E-state index in [1.54, 1.807) is 6.07 Å². The minimum atomic E-state index is -0.322. The molecular weight excluding hydrogens is 357 g/mol. The van der Waals surface area contributed by atoms with E-state index in [1.807, 2.05) is 26.0 Å². The zero-order valence-corrected chi connectivity index (χ0v) is 17.5. The summed E-state index contributed by atoms with van der Waals surface area (Å²) in [7, 11) is 1.49. The van der Waals surface area contributed by atoms with Crippen LogP contribution in [-0.2, 0) is 9.53 Å². The Morgan fingerprint density at radius 3 is 2.79 bits per heavy atom. The van der Waals surface area contributed by atoms with Crippen LogP contribution in [0.2, 0.25) is 0 Å². The Morgan fingerprint density at radius 2 is 2.11 bits per heavy atom. The summed E-state index contributed by atoms with van der Waals surface area (Å²) in [5, 5.41) is 3.39. The van der Waals surface area contributed by atoms with Crippen molar-refractivity contribution in [3.05, 3.63) is 29.6 Å². The Kier molecular flexibility index (Phi) is 4.72. The van der Waals surface area contributed by atoms with Crippen molar-refractivity contribution >= 4 is 5.91 Å². The minimum Gasteiger partial charge on any atom is -0.494 e. The Morgan fingerprint density at radius 1 is 1.36 bits per heavy atom. The maximum atomic E-state index is 15.0. The SMILES string of the molecule is COc1cccc([C@H]2OCC[C@@]34C[C@@H](C[C@H]23)C(C)(C)[C@H]4NC(=O)C(C)C)c1F. The molecule has 2 aliphatic carbocycles. The first-order valence-corrected chi connectivity index (χ1v) is 10.5. The van der Waals surface area contributed by atoms with Gasteiger partial charge in [-0.15, -0.1) is 0 Å². The highest BCUT2D eigenvalue weighted by atomic mass is 19.1. The summed E-state index contributed by atoms with van der Waals surface area (Å²) in [6.07, 6.45) is 2.73. The van der Waals surface area contributed by atoms with Crippen molar-refractivity contribution in [3.8, 4) is 5.75 Å². The van der Waals surface area contributed by atoms with E-state index in [-0.39, 0.29) is 52.3 Å². The van der Waals surface area contributed by atoms with Crippen molar-refractivity contribution in [3.63, 3.8) is 0 Å². The van der Waals surface area contributed by atoms with Gasteiger partial charge in [-0.25, -0.2) is 4.39 Å². The van der Waals surface area contributed by atoms with Gasteiger partial charge in [0.15, 0.2) is 11.6 Å². The first-order valence-electron chi connectivity index (χ1n) is 10.5. The lowest BCUT2D eigenvalue weighted by atomic mass is 9.58. The van der Waals surface area contributed by atoms with Crippen LogP contribution in [0.1, 0.15) is 58.6 Å². The first-order chi connectivity index (χ1) is 13.2. The number of hydrogen-bond acceptors (Lipinski definition) is 3. The predicted octanol–water partition coefficient (Wildman–Crippen LogP) is 4.49. The smallest absolute Gasteiger partial charge is 0.222 e. The average molecular weight is 390 g/mol. The largest absolute Gasteiger partial charge is 0.494 e. The van der Waals surface area contributed by atoms with Gasteiger partial charge in [-0.1, -0.05) is 39.8 Å². The Bertz CT molecular complexity index is 777. The zero-order chi connectivity index (χ0) is 20.3. The van der Waals surface area contributed by atoms with E-state index in [9.17, 15) is 4.79 Å². The second-order valence-electron chi connectivity index (χ2n) is 9.80. The van der Waals surface area contributed by atoms with Crippen molar-refractivity contribution < 1.29 is 18.7 Å². The molecule has 3 fully saturated rings. The maximum absolute atomic E-state index is 15.0. The number of amides is 1. The number of nitrogens with one attached hydrogen (secondary N) is 1. The minimum absolute atomic E-state index is 0.0306. The third-order valence-electron chi connectivity index (χ3n) is 7.84. The molecule has 2 bridgehead atoms. The molecule has 0 aromatic heterocycles. The number of carbonyl (C=O) groups excluding carboxylic acids is 1. The van der Waals surface area contributed by atoms with Crippen LogP contribution in [0.3, 0.4) is 0 Å². The van der Waals surface area contributed by atoms with Crippen molar-refractivity contribution in [2.45, 2.75) is 59.1 Å². The van der Waals surface area contributed by atoms with Crippen LogP contribution in [0.25, 0.3) is 0 Å². The number of halogens is 1. The van der Waals surface area contributed by atoms with Gasteiger partial charge in [-0.05, 0) is 48.0 Å². The highest BCUT2D eigenvalue weighted by Gasteiger charge is 2.68. The van der Waals surface area contributed by atoms with Crippen LogP contribution >= 0.6 is 0 Å². The van der Waals surface area contributed by atoms with Gasteiger partial charge in [0, 0.05) is 24.1 Å². The molecule has 1 amide bonds. The van der Waals surface area contributed by atoms with Crippen molar-refractivity contribution in [1.29, 1.82) is 0 Å². The number of benzene rings is 1. The normalized spacial score (nSPS) is 35.7. The lowest BCUT2D eigenvalue weighted by Gasteiger charge is -2.53. The molecular formula is C23H32FNO3. The number of fused-ring (bicyclic) bond motifs is 1. The highest BCUT2D eigenvalue weighted by Crippen LogP contribution is 2.70. The van der Waals surface area contributed by atoms with E-state index in [1.165, 1.54) is 7.11 Å². The molecule has 3 aliphatic rings. The fourth-order valence-corrected chi connectivity index (χ4v) is 6.31. The van der Waals surface area contributed by atoms with Crippen molar-refractivity contribution in [2.75, 3.05) is 13.7 Å². The maximum Gasteiger partial charge on any atom is 0.222 e. The van der Waals surface area contributed by atoms with Gasteiger partial charge in [0.05, 0.1) is 13.2 Å². The second-order valence-corrected chi connectivity index (χ2v) is 9.80. The molecule has 154 valence electrons. The molecule has 1 saturated heterocycles. The molecule has 1 heterocycles. The van der Waals surface area contributed by atoms with E-state index in [4.69, 9.17) is 9.47 Å². The van der Waals surface area contributed by atoms with E-state index >= 15 is 4.39 Å². The molecule has 1 N–H and O–H groups in total. The summed E-state index contributed by atoms with van der Waals surface area (Å²) in [4.78, 5) is 12.6. The molecule has 1 aromatic rings. The first kappa shape index (κ1) is 19.7. The zero-order valence-electron chi connectivity index (χ0n) is 17.5. The predicted molar refractivity (Wildman–Crippen MR) is 105 cm³/mol. The topological polar surface area (TPSA) is 47.6 Å². The van der Waals surface area contributed by atoms with Gasteiger partial charge in [-0.3, -0.25) is 4.79 Å². The standard InChI is InChI=1S/C23H32FNO3/c1-13(2)20(26)25-21-22(3,4)14-11-16-19(28-10-9-23(16,21)12-14)15-7-6-8-17(27-5)18(15)24/h6-8,13-14,16,19,21H,9-12H2,1-5H3,(H,25,26)/t14-,16-,19-,21-,23-/m1/s1. The summed E-state index contributed by atoms with van der Waals surface area (Å²) < 4.78 is 26.4. The van der Waals surface area contributed by atoms with Crippen molar-refractivity contribution in [2.24, 2.45) is 28.6 Å². The molecule has 5 atom stereocenters. The Labute approximate surface area is 167 Å². The average Bonchev–Trinajstić information content (AvgIpc) is 3.14. The van der Waals surface area contributed by atoms with Crippen LogP contribution in [0.15, 0.2) is 18.2 Å². The Hall–Kier alpha value is -1.62. The van der Waals surface area contributed by atoms with Crippen LogP contribution < -0.4 is 10.1 Å². The summed E-state index contributed by atoms with van der Waals surface area (Å²) >= 11 is 0. The van der Waals surface area contributed by atoms with Crippen LogP contribution in [-0.4, -0.2) is 25.7 Å². The van der Waals surface area contributed by atoms with E-state index in [0.29, 0.717) is 18.1 Å². The van der Waals surface area contributed by atoms with Gasteiger partial charge in [0.2, 0.25) is 5.91 Å². The molecule has 4 rings (SSSR count). The number of ether oxygens (including phenoxy) is 2. The highest BCUT2D eigenvalue weighted by molar-refractivity contribution is 5.78. The number of rotatable bonds is 4. The van der Waals surface area contributed by atoms with Crippen LogP contribution in [0, 0.1) is 34.4 Å². The number of carbonyl (C=O) groups is 1. The monoisotopic (exact) mass is 389 g/mol. The fourth-order valence-electron chi connectivity index (χ4n) is 6.31. The van der Waals surface area contributed by atoms with Crippen molar-refractivity contribution in [1.82, 2.24) is 5.32 Å². The van der Waals surface area contributed by atoms with Gasteiger partial charge in [0.1, 0.15) is 0 Å². The second kappa shape index (κ2) is 6.72. The van der Waals surface area contributed by atoms with E-state index < -0.39 is 0 Å². The molecule has 1 aromatic carbocycles.